The molecule has 0 aliphatic heterocycles. The first-order valence-electron chi connectivity index (χ1n) is 8.11. The number of hydrogen-bond donors (Lipinski definition) is 1. The summed E-state index contributed by atoms with van der Waals surface area (Å²) in [5, 5.41) is 15.9. The van der Waals surface area contributed by atoms with Crippen molar-refractivity contribution in [1.29, 1.82) is 0 Å². The van der Waals surface area contributed by atoms with Crippen LogP contribution in [0.25, 0.3) is 5.69 Å². The minimum atomic E-state index is -0.0597. The molecule has 3 aromatic rings. The van der Waals surface area contributed by atoms with Crippen molar-refractivity contribution in [2.45, 2.75) is 18.5 Å². The molecule has 0 aliphatic rings. The van der Waals surface area contributed by atoms with Crippen LogP contribution < -0.4 is 5.32 Å². The standard InChI is InChI=1S/C18H18ClN5OS/c1-13-5-7-16(8-6-13)24-18(21-22-23-24)26-12-17(25)20-10-9-14-3-2-4-15(19)11-14/h2-8,11H,9-10,12H2,1H3,(H,20,25). The second kappa shape index (κ2) is 8.82. The van der Waals surface area contributed by atoms with Crippen molar-refractivity contribution in [3.05, 3.63) is 64.7 Å². The highest BCUT2D eigenvalue weighted by atomic mass is 35.5. The SMILES string of the molecule is Cc1ccc(-n2nnnc2SCC(=O)NCCc2cccc(Cl)c2)cc1. The molecule has 1 amide bonds. The van der Waals surface area contributed by atoms with E-state index in [9.17, 15) is 4.79 Å². The zero-order chi connectivity index (χ0) is 18.4. The Morgan fingerprint density at radius 1 is 1.23 bits per heavy atom. The van der Waals surface area contributed by atoms with Crippen LogP contribution in [0.4, 0.5) is 0 Å². The van der Waals surface area contributed by atoms with Crippen molar-refractivity contribution < 1.29 is 4.79 Å². The Balaban J connectivity index is 1.49. The molecule has 0 spiro atoms. The lowest BCUT2D eigenvalue weighted by atomic mass is 10.1. The van der Waals surface area contributed by atoms with Gasteiger partial charge >= 0.3 is 0 Å². The normalized spacial score (nSPS) is 10.7. The van der Waals surface area contributed by atoms with Crippen molar-refractivity contribution in [2.24, 2.45) is 0 Å². The van der Waals surface area contributed by atoms with E-state index in [1.54, 1.807) is 4.68 Å². The van der Waals surface area contributed by atoms with Crippen molar-refractivity contribution in [3.8, 4) is 5.69 Å². The zero-order valence-corrected chi connectivity index (χ0v) is 15.8. The van der Waals surface area contributed by atoms with E-state index in [-0.39, 0.29) is 11.7 Å². The summed E-state index contributed by atoms with van der Waals surface area (Å²) in [5.41, 5.74) is 3.12. The van der Waals surface area contributed by atoms with E-state index in [0.717, 1.165) is 23.2 Å². The molecule has 0 atom stereocenters. The number of amides is 1. The maximum absolute atomic E-state index is 12.1. The molecule has 0 saturated heterocycles. The van der Waals surface area contributed by atoms with Crippen LogP contribution in [0.3, 0.4) is 0 Å². The number of carbonyl (C=O) groups is 1. The second-order valence-electron chi connectivity index (χ2n) is 5.73. The summed E-state index contributed by atoms with van der Waals surface area (Å²) in [5.74, 6) is 0.192. The Bertz CT molecular complexity index is 881. The predicted octanol–water partition coefficient (Wildman–Crippen LogP) is 3.08. The third-order valence-corrected chi connectivity index (χ3v) is 4.83. The summed E-state index contributed by atoms with van der Waals surface area (Å²) in [6, 6.07) is 15.5. The van der Waals surface area contributed by atoms with Crippen LogP contribution in [0.15, 0.2) is 53.7 Å². The number of aryl methyl sites for hydroxylation is 1. The molecule has 0 bridgehead atoms. The van der Waals surface area contributed by atoms with Gasteiger partial charge in [0.2, 0.25) is 11.1 Å². The Morgan fingerprint density at radius 2 is 2.04 bits per heavy atom. The van der Waals surface area contributed by atoms with E-state index in [1.165, 1.54) is 11.8 Å². The smallest absolute Gasteiger partial charge is 0.230 e. The van der Waals surface area contributed by atoms with Gasteiger partial charge in [0.25, 0.3) is 0 Å². The molecule has 0 aliphatic carbocycles. The fourth-order valence-corrected chi connectivity index (χ4v) is 3.27. The monoisotopic (exact) mass is 387 g/mol. The number of thioether (sulfide) groups is 1. The van der Waals surface area contributed by atoms with Gasteiger partial charge in [-0.1, -0.05) is 53.2 Å². The number of nitrogens with one attached hydrogen (secondary N) is 1. The van der Waals surface area contributed by atoms with Gasteiger partial charge in [-0.3, -0.25) is 4.79 Å². The number of rotatable bonds is 7. The lowest BCUT2D eigenvalue weighted by molar-refractivity contribution is -0.118. The first kappa shape index (κ1) is 18.4. The van der Waals surface area contributed by atoms with Crippen LogP contribution in [-0.2, 0) is 11.2 Å². The zero-order valence-electron chi connectivity index (χ0n) is 14.2. The fourth-order valence-electron chi connectivity index (χ4n) is 2.34. The molecule has 6 nitrogen and oxygen atoms in total. The highest BCUT2D eigenvalue weighted by molar-refractivity contribution is 7.99. The third-order valence-electron chi connectivity index (χ3n) is 3.68. The van der Waals surface area contributed by atoms with Crippen LogP contribution in [0.1, 0.15) is 11.1 Å². The van der Waals surface area contributed by atoms with E-state index in [2.05, 4.69) is 20.8 Å². The minimum Gasteiger partial charge on any atom is -0.355 e. The van der Waals surface area contributed by atoms with Crippen LogP contribution in [0, 0.1) is 6.92 Å². The number of nitrogens with zero attached hydrogens (tertiary/aromatic N) is 4. The van der Waals surface area contributed by atoms with Crippen LogP contribution in [-0.4, -0.2) is 38.4 Å². The quantitative estimate of drug-likeness (QED) is 0.631. The van der Waals surface area contributed by atoms with Gasteiger partial charge in [0.05, 0.1) is 11.4 Å². The van der Waals surface area contributed by atoms with Crippen LogP contribution in [0.2, 0.25) is 5.02 Å². The molecular weight excluding hydrogens is 370 g/mol. The van der Waals surface area contributed by atoms with Gasteiger partial charge in [0.15, 0.2) is 0 Å². The van der Waals surface area contributed by atoms with Gasteiger partial charge in [-0.15, -0.1) is 5.10 Å². The Kier molecular flexibility index (Phi) is 6.25. The maximum Gasteiger partial charge on any atom is 0.230 e. The summed E-state index contributed by atoms with van der Waals surface area (Å²) in [4.78, 5) is 12.1. The van der Waals surface area contributed by atoms with Crippen molar-refractivity contribution >= 4 is 29.3 Å². The number of benzene rings is 2. The first-order chi connectivity index (χ1) is 12.6. The summed E-state index contributed by atoms with van der Waals surface area (Å²) in [6.07, 6.45) is 0.734. The largest absolute Gasteiger partial charge is 0.355 e. The molecule has 134 valence electrons. The van der Waals surface area contributed by atoms with Crippen molar-refractivity contribution in [1.82, 2.24) is 25.5 Å². The molecule has 1 heterocycles. The summed E-state index contributed by atoms with van der Waals surface area (Å²) in [7, 11) is 0. The van der Waals surface area contributed by atoms with Crippen molar-refractivity contribution in [2.75, 3.05) is 12.3 Å². The number of hydrogen-bond acceptors (Lipinski definition) is 5. The molecule has 2 aromatic carbocycles. The molecule has 1 N–H and O–H groups in total. The first-order valence-corrected chi connectivity index (χ1v) is 9.47. The van der Waals surface area contributed by atoms with Gasteiger partial charge in [-0.05, 0) is 53.6 Å². The molecule has 26 heavy (non-hydrogen) atoms. The molecule has 0 fully saturated rings. The topological polar surface area (TPSA) is 72.7 Å². The minimum absolute atomic E-state index is 0.0597. The Hall–Kier alpha value is -2.38. The van der Waals surface area contributed by atoms with E-state index >= 15 is 0 Å². The number of halogens is 1. The molecular formula is C18H18ClN5OS. The molecule has 8 heteroatoms. The van der Waals surface area contributed by atoms with E-state index in [0.29, 0.717) is 16.7 Å². The molecule has 3 rings (SSSR count). The van der Waals surface area contributed by atoms with Crippen molar-refractivity contribution in [3.63, 3.8) is 0 Å². The average Bonchev–Trinajstić information content (AvgIpc) is 3.09. The third kappa shape index (κ3) is 5.06. The van der Waals surface area contributed by atoms with E-state index < -0.39 is 0 Å². The predicted molar refractivity (Wildman–Crippen MR) is 103 cm³/mol. The number of carbonyl (C=O) groups excluding carboxylic acids is 1. The molecule has 0 saturated carbocycles. The Labute approximate surface area is 160 Å². The molecule has 0 unspecified atom stereocenters. The lowest BCUT2D eigenvalue weighted by Gasteiger charge is -2.06. The highest BCUT2D eigenvalue weighted by Gasteiger charge is 2.11. The maximum atomic E-state index is 12.1. The van der Waals surface area contributed by atoms with E-state index in [4.69, 9.17) is 11.6 Å². The fraction of sp³-hybridized carbons (Fsp3) is 0.222. The second-order valence-corrected chi connectivity index (χ2v) is 7.11. The van der Waals surface area contributed by atoms with Gasteiger partial charge in [0, 0.05) is 11.6 Å². The summed E-state index contributed by atoms with van der Waals surface area (Å²) >= 11 is 7.26. The number of aromatic nitrogens is 4. The molecule has 0 radical (unpaired) electrons. The van der Waals surface area contributed by atoms with E-state index in [1.807, 2.05) is 55.5 Å². The lowest BCUT2D eigenvalue weighted by Crippen LogP contribution is -2.27. The summed E-state index contributed by atoms with van der Waals surface area (Å²) < 4.78 is 1.63. The van der Waals surface area contributed by atoms with Crippen LogP contribution >= 0.6 is 23.4 Å². The van der Waals surface area contributed by atoms with Gasteiger partial charge in [-0.2, -0.15) is 4.68 Å². The number of tetrazole rings is 1. The van der Waals surface area contributed by atoms with Gasteiger partial charge < -0.3 is 5.32 Å². The Morgan fingerprint density at radius 3 is 2.81 bits per heavy atom. The van der Waals surface area contributed by atoms with Gasteiger partial charge in [-0.25, -0.2) is 0 Å². The average molecular weight is 388 g/mol. The summed E-state index contributed by atoms with van der Waals surface area (Å²) in [6.45, 7) is 2.58. The van der Waals surface area contributed by atoms with Gasteiger partial charge in [0.1, 0.15) is 0 Å². The molecule has 1 aromatic heterocycles. The highest BCUT2D eigenvalue weighted by Crippen LogP contribution is 2.18. The van der Waals surface area contributed by atoms with Crippen LogP contribution in [0.5, 0.6) is 0 Å².